The van der Waals surface area contributed by atoms with E-state index in [0.29, 0.717) is 12.3 Å². The lowest BCUT2D eigenvalue weighted by atomic mass is 10.0. The van der Waals surface area contributed by atoms with Gasteiger partial charge in [-0.05, 0) is 46.0 Å². The summed E-state index contributed by atoms with van der Waals surface area (Å²) in [5.41, 5.74) is -0.587. The molecule has 1 aliphatic rings. The molecule has 1 aliphatic carbocycles. The Bertz CT molecular complexity index is 494. The second-order valence-corrected chi connectivity index (χ2v) is 9.46. The molecule has 0 spiro atoms. The van der Waals surface area contributed by atoms with Crippen molar-refractivity contribution in [3.05, 3.63) is 0 Å². The van der Waals surface area contributed by atoms with Crippen LogP contribution in [-0.4, -0.2) is 38.7 Å². The van der Waals surface area contributed by atoms with Crippen molar-refractivity contribution in [2.45, 2.75) is 84.4 Å². The molecule has 1 rings (SSSR count). The average molecular weight is 364 g/mol. The van der Waals surface area contributed by atoms with E-state index >= 15 is 0 Å². The maximum Gasteiger partial charge on any atom is 0.407 e. The molecule has 0 aromatic rings. The van der Waals surface area contributed by atoms with Crippen LogP contribution in [-0.2, 0) is 14.9 Å². The molecule has 1 fully saturated rings. The van der Waals surface area contributed by atoms with Gasteiger partial charge in [0.1, 0.15) is 5.60 Å². The van der Waals surface area contributed by atoms with Gasteiger partial charge in [-0.15, -0.1) is 0 Å². The van der Waals surface area contributed by atoms with Crippen molar-refractivity contribution in [3.8, 4) is 0 Å². The first-order valence-corrected chi connectivity index (χ1v) is 10.2. The third-order valence-corrected chi connectivity index (χ3v) is 4.86. The highest BCUT2D eigenvalue weighted by molar-refractivity contribution is 7.87. The summed E-state index contributed by atoms with van der Waals surface area (Å²) < 4.78 is 34.7. The van der Waals surface area contributed by atoms with Crippen molar-refractivity contribution >= 4 is 16.3 Å². The maximum absolute atomic E-state index is 12.1. The van der Waals surface area contributed by atoms with Gasteiger partial charge in [-0.3, -0.25) is 0 Å². The number of carbonyl (C=O) groups is 1. The monoisotopic (exact) mass is 363 g/mol. The minimum atomic E-state index is -3.56. The molecule has 142 valence electrons. The Morgan fingerprint density at radius 2 is 1.79 bits per heavy atom. The van der Waals surface area contributed by atoms with Gasteiger partial charge in [-0.1, -0.05) is 26.7 Å². The Balaban J connectivity index is 2.53. The first-order chi connectivity index (χ1) is 11.0. The first kappa shape index (κ1) is 21.2. The summed E-state index contributed by atoms with van der Waals surface area (Å²) in [6.45, 7) is 9.55. The van der Waals surface area contributed by atoms with Crippen LogP contribution >= 0.6 is 0 Å². The van der Waals surface area contributed by atoms with E-state index in [0.717, 1.165) is 25.7 Å². The minimum absolute atomic E-state index is 0.0184. The van der Waals surface area contributed by atoms with Crippen LogP contribution in [0.25, 0.3) is 0 Å². The Kier molecular flexibility index (Phi) is 7.95. The summed E-state index contributed by atoms with van der Waals surface area (Å²) in [6.07, 6.45) is 4.01. The van der Waals surface area contributed by atoms with Gasteiger partial charge in [-0.2, -0.15) is 13.1 Å². The van der Waals surface area contributed by atoms with Gasteiger partial charge in [0.15, 0.2) is 0 Å². The summed E-state index contributed by atoms with van der Waals surface area (Å²) in [5, 5.41) is 2.76. The maximum atomic E-state index is 12.1. The standard InChI is InChI=1S/C16H33N3O4S/c1-12(2)10-14(18-15(20)23-16(3,4)5)11-17-24(21,22)19-13-8-6-7-9-13/h12-14,17,19H,6-11H2,1-5H3,(H,18,20). The van der Waals surface area contributed by atoms with E-state index in [1.165, 1.54) is 0 Å². The number of hydrogen-bond donors (Lipinski definition) is 3. The van der Waals surface area contributed by atoms with Crippen molar-refractivity contribution in [1.29, 1.82) is 0 Å². The summed E-state index contributed by atoms with van der Waals surface area (Å²) >= 11 is 0. The fourth-order valence-electron chi connectivity index (χ4n) is 2.75. The van der Waals surface area contributed by atoms with Crippen LogP contribution in [0.5, 0.6) is 0 Å². The lowest BCUT2D eigenvalue weighted by Gasteiger charge is -2.25. The first-order valence-electron chi connectivity index (χ1n) is 8.73. The molecule has 7 nitrogen and oxygen atoms in total. The molecule has 0 saturated heterocycles. The quantitative estimate of drug-likeness (QED) is 0.616. The Morgan fingerprint density at radius 1 is 1.21 bits per heavy atom. The van der Waals surface area contributed by atoms with Gasteiger partial charge in [0, 0.05) is 18.6 Å². The molecule has 0 heterocycles. The SMILES string of the molecule is CC(C)CC(CNS(=O)(=O)NC1CCCC1)NC(=O)OC(C)(C)C. The van der Waals surface area contributed by atoms with Crippen LogP contribution in [0.1, 0.15) is 66.7 Å². The Morgan fingerprint density at radius 3 is 2.29 bits per heavy atom. The van der Waals surface area contributed by atoms with Crippen molar-refractivity contribution in [1.82, 2.24) is 14.8 Å². The predicted octanol–water partition coefficient (Wildman–Crippen LogP) is 2.29. The highest BCUT2D eigenvalue weighted by Crippen LogP contribution is 2.18. The molecular weight excluding hydrogens is 330 g/mol. The Hall–Kier alpha value is -0.860. The lowest BCUT2D eigenvalue weighted by Crippen LogP contribution is -2.49. The molecule has 0 aromatic carbocycles. The second-order valence-electron chi connectivity index (χ2n) is 7.92. The summed E-state index contributed by atoms with van der Waals surface area (Å²) in [6, 6.07) is -0.301. The summed E-state index contributed by atoms with van der Waals surface area (Å²) in [4.78, 5) is 11.9. The molecule has 0 aromatic heterocycles. The van der Waals surface area contributed by atoms with Crippen molar-refractivity contribution in [3.63, 3.8) is 0 Å². The fraction of sp³-hybridized carbons (Fsp3) is 0.938. The van der Waals surface area contributed by atoms with Gasteiger partial charge in [0.25, 0.3) is 10.2 Å². The number of alkyl carbamates (subject to hydrolysis) is 1. The molecule has 0 bridgehead atoms. The molecule has 1 atom stereocenters. The molecule has 1 unspecified atom stereocenters. The van der Waals surface area contributed by atoms with E-state index in [1.54, 1.807) is 20.8 Å². The van der Waals surface area contributed by atoms with Gasteiger partial charge in [-0.25, -0.2) is 9.52 Å². The second kappa shape index (κ2) is 9.01. The molecular formula is C16H33N3O4S. The number of hydrogen-bond acceptors (Lipinski definition) is 4. The van der Waals surface area contributed by atoms with E-state index < -0.39 is 21.9 Å². The fourth-order valence-corrected chi connectivity index (χ4v) is 3.93. The average Bonchev–Trinajstić information content (AvgIpc) is 2.85. The molecule has 3 N–H and O–H groups in total. The van der Waals surface area contributed by atoms with Gasteiger partial charge in [0.05, 0.1) is 0 Å². The zero-order chi connectivity index (χ0) is 18.4. The molecule has 0 radical (unpaired) electrons. The highest BCUT2D eigenvalue weighted by Gasteiger charge is 2.24. The minimum Gasteiger partial charge on any atom is -0.444 e. The lowest BCUT2D eigenvalue weighted by molar-refractivity contribution is 0.0499. The van der Waals surface area contributed by atoms with E-state index in [-0.39, 0.29) is 18.6 Å². The van der Waals surface area contributed by atoms with Gasteiger partial charge < -0.3 is 10.1 Å². The summed E-state index contributed by atoms with van der Waals surface area (Å²) in [7, 11) is -3.56. The molecule has 8 heteroatoms. The van der Waals surface area contributed by atoms with Crippen LogP contribution < -0.4 is 14.8 Å². The topological polar surface area (TPSA) is 96.5 Å². The van der Waals surface area contributed by atoms with Gasteiger partial charge in [0.2, 0.25) is 0 Å². The van der Waals surface area contributed by atoms with E-state index in [2.05, 4.69) is 14.8 Å². The zero-order valence-electron chi connectivity index (χ0n) is 15.5. The van der Waals surface area contributed by atoms with Crippen LogP contribution in [0.3, 0.4) is 0 Å². The largest absolute Gasteiger partial charge is 0.444 e. The molecule has 1 amide bonds. The number of ether oxygens (including phenoxy) is 1. The third-order valence-electron chi connectivity index (χ3n) is 3.67. The third kappa shape index (κ3) is 9.44. The smallest absolute Gasteiger partial charge is 0.407 e. The van der Waals surface area contributed by atoms with Crippen LogP contribution in [0.4, 0.5) is 4.79 Å². The predicted molar refractivity (Wildman–Crippen MR) is 94.9 cm³/mol. The number of amides is 1. The molecule has 24 heavy (non-hydrogen) atoms. The molecule has 1 saturated carbocycles. The van der Waals surface area contributed by atoms with Crippen LogP contribution in [0.15, 0.2) is 0 Å². The normalized spacial score (nSPS) is 17.9. The van der Waals surface area contributed by atoms with Crippen LogP contribution in [0.2, 0.25) is 0 Å². The van der Waals surface area contributed by atoms with E-state index in [4.69, 9.17) is 4.74 Å². The van der Waals surface area contributed by atoms with E-state index in [1.807, 2.05) is 13.8 Å². The molecule has 0 aliphatic heterocycles. The van der Waals surface area contributed by atoms with Gasteiger partial charge >= 0.3 is 6.09 Å². The number of rotatable bonds is 8. The van der Waals surface area contributed by atoms with Crippen molar-refractivity contribution < 1.29 is 17.9 Å². The zero-order valence-corrected chi connectivity index (χ0v) is 16.3. The highest BCUT2D eigenvalue weighted by atomic mass is 32.2. The van der Waals surface area contributed by atoms with Crippen molar-refractivity contribution in [2.75, 3.05) is 6.54 Å². The van der Waals surface area contributed by atoms with E-state index in [9.17, 15) is 13.2 Å². The van der Waals surface area contributed by atoms with Crippen molar-refractivity contribution in [2.24, 2.45) is 5.92 Å². The summed E-state index contributed by atoms with van der Waals surface area (Å²) in [5.74, 6) is 0.317. The number of nitrogens with one attached hydrogen (secondary N) is 3. The number of carbonyl (C=O) groups excluding carboxylic acids is 1. The Labute approximate surface area is 146 Å². The van der Waals surface area contributed by atoms with Crippen LogP contribution in [0, 0.1) is 5.92 Å².